The van der Waals surface area contributed by atoms with E-state index in [1.54, 1.807) is 6.20 Å². The highest BCUT2D eigenvalue weighted by Crippen LogP contribution is 2.35. The fraction of sp³-hybridized carbons (Fsp3) is 0.0385. The van der Waals surface area contributed by atoms with Crippen LogP contribution in [0.1, 0.15) is 23.0 Å². The number of halogens is 1. The van der Waals surface area contributed by atoms with Crippen LogP contribution in [0.15, 0.2) is 106 Å². The van der Waals surface area contributed by atoms with Gasteiger partial charge in [-0.05, 0) is 17.7 Å². The van der Waals surface area contributed by atoms with Gasteiger partial charge in [0.1, 0.15) is 17.1 Å². The van der Waals surface area contributed by atoms with E-state index in [4.69, 9.17) is 26.0 Å². The molecule has 1 atom stereocenters. The van der Waals surface area contributed by atoms with E-state index in [2.05, 4.69) is 10.3 Å². The summed E-state index contributed by atoms with van der Waals surface area (Å²) in [5.41, 5.74) is 4.04. The van der Waals surface area contributed by atoms with Gasteiger partial charge in [-0.15, -0.1) is 0 Å². The lowest BCUT2D eigenvalue weighted by Gasteiger charge is -2.22. The lowest BCUT2D eigenvalue weighted by Crippen LogP contribution is -2.36. The molecule has 1 unspecified atom stereocenters. The Morgan fingerprint density at radius 1 is 0.781 bits per heavy atom. The number of benzene rings is 3. The molecule has 6 rings (SSSR count). The summed E-state index contributed by atoms with van der Waals surface area (Å²) in [6.07, 6.45) is 1.34. The first-order valence-electron chi connectivity index (χ1n) is 10.3. The van der Waals surface area contributed by atoms with Crippen molar-refractivity contribution in [3.05, 3.63) is 113 Å². The SMILES string of the molecule is Clc1cccc2c1oc1ccnc(C3=NC(c4ccccc4)N=C(c4ccccc4)N3)c12. The molecule has 5 aromatic rings. The van der Waals surface area contributed by atoms with Crippen molar-refractivity contribution in [1.29, 1.82) is 0 Å². The number of nitrogens with one attached hydrogen (secondary N) is 1. The van der Waals surface area contributed by atoms with E-state index in [1.807, 2.05) is 84.9 Å². The zero-order valence-electron chi connectivity index (χ0n) is 16.9. The molecule has 32 heavy (non-hydrogen) atoms. The molecule has 0 radical (unpaired) electrons. The minimum atomic E-state index is -0.388. The van der Waals surface area contributed by atoms with Crippen molar-refractivity contribution in [2.45, 2.75) is 6.17 Å². The Morgan fingerprint density at radius 3 is 2.34 bits per heavy atom. The molecule has 3 aromatic carbocycles. The number of nitrogens with zero attached hydrogens (tertiary/aromatic N) is 3. The lowest BCUT2D eigenvalue weighted by atomic mass is 10.1. The fourth-order valence-corrected chi connectivity index (χ4v) is 4.19. The van der Waals surface area contributed by atoms with Crippen molar-refractivity contribution in [2.75, 3.05) is 0 Å². The van der Waals surface area contributed by atoms with Crippen LogP contribution in [0, 0.1) is 0 Å². The monoisotopic (exact) mass is 436 g/mol. The molecule has 2 aromatic heterocycles. The highest BCUT2D eigenvalue weighted by molar-refractivity contribution is 6.36. The van der Waals surface area contributed by atoms with Crippen LogP contribution >= 0.6 is 11.6 Å². The molecule has 6 heteroatoms. The molecule has 1 aliphatic rings. The molecule has 1 N–H and O–H groups in total. The van der Waals surface area contributed by atoms with E-state index in [1.165, 1.54) is 0 Å². The van der Waals surface area contributed by atoms with E-state index in [-0.39, 0.29) is 6.17 Å². The van der Waals surface area contributed by atoms with Gasteiger partial charge in [-0.1, -0.05) is 84.4 Å². The van der Waals surface area contributed by atoms with E-state index >= 15 is 0 Å². The van der Waals surface area contributed by atoms with Gasteiger partial charge in [-0.2, -0.15) is 0 Å². The van der Waals surface area contributed by atoms with Gasteiger partial charge in [-0.25, -0.2) is 9.98 Å². The van der Waals surface area contributed by atoms with Crippen molar-refractivity contribution >= 4 is 45.2 Å². The van der Waals surface area contributed by atoms with Gasteiger partial charge >= 0.3 is 0 Å². The number of aromatic nitrogens is 1. The molecule has 0 aliphatic carbocycles. The first kappa shape index (κ1) is 18.8. The quantitative estimate of drug-likeness (QED) is 0.370. The van der Waals surface area contributed by atoms with Gasteiger partial charge in [0.05, 0.1) is 10.4 Å². The predicted octanol–water partition coefficient (Wildman–Crippen LogP) is 6.13. The van der Waals surface area contributed by atoms with Crippen LogP contribution in [-0.2, 0) is 0 Å². The van der Waals surface area contributed by atoms with Gasteiger partial charge in [-0.3, -0.25) is 4.98 Å². The Balaban J connectivity index is 1.56. The molecule has 3 heterocycles. The largest absolute Gasteiger partial charge is 0.454 e. The van der Waals surface area contributed by atoms with Crippen LogP contribution in [0.25, 0.3) is 21.9 Å². The summed E-state index contributed by atoms with van der Waals surface area (Å²) in [5, 5.41) is 5.75. The Hall–Kier alpha value is -3.96. The first-order chi connectivity index (χ1) is 15.8. The normalized spacial score (nSPS) is 16.0. The maximum Gasteiger partial charge on any atom is 0.169 e. The van der Waals surface area contributed by atoms with E-state index in [0.717, 1.165) is 27.7 Å². The van der Waals surface area contributed by atoms with E-state index < -0.39 is 0 Å². The summed E-state index contributed by atoms with van der Waals surface area (Å²) in [6, 6.07) is 27.6. The smallest absolute Gasteiger partial charge is 0.169 e. The third-order valence-corrected chi connectivity index (χ3v) is 5.77. The average Bonchev–Trinajstić information content (AvgIpc) is 3.25. The van der Waals surface area contributed by atoms with Crippen LogP contribution in [0.4, 0.5) is 0 Å². The van der Waals surface area contributed by atoms with Gasteiger partial charge < -0.3 is 9.73 Å². The second-order valence-electron chi connectivity index (χ2n) is 7.48. The molecular weight excluding hydrogens is 420 g/mol. The number of furan rings is 1. The third kappa shape index (κ3) is 3.15. The summed E-state index contributed by atoms with van der Waals surface area (Å²) >= 11 is 6.39. The number of rotatable bonds is 3. The number of fused-ring (bicyclic) bond motifs is 3. The zero-order chi connectivity index (χ0) is 21.5. The maximum absolute atomic E-state index is 6.39. The first-order valence-corrected chi connectivity index (χ1v) is 10.6. The molecule has 0 amide bonds. The van der Waals surface area contributed by atoms with Gasteiger partial charge in [0, 0.05) is 17.1 Å². The molecule has 5 nitrogen and oxygen atoms in total. The number of amidine groups is 2. The molecule has 0 spiro atoms. The number of para-hydroxylation sites is 1. The second-order valence-corrected chi connectivity index (χ2v) is 7.89. The van der Waals surface area contributed by atoms with Crippen molar-refractivity contribution in [3.8, 4) is 0 Å². The Labute approximate surface area is 189 Å². The standard InChI is InChI=1S/C26H17ClN4O/c27-19-13-7-12-18-21-20(32-23(18)19)14-15-28-22(21)26-30-24(16-8-3-1-4-9-16)29-25(31-26)17-10-5-2-6-11-17/h1-15,24H,(H,29,30,31). The van der Waals surface area contributed by atoms with E-state index in [9.17, 15) is 0 Å². The summed E-state index contributed by atoms with van der Waals surface area (Å²) < 4.78 is 6.05. The molecule has 0 saturated heterocycles. The average molecular weight is 437 g/mol. The highest BCUT2D eigenvalue weighted by Gasteiger charge is 2.24. The minimum Gasteiger partial charge on any atom is -0.454 e. The molecular formula is C26H17ClN4O. The summed E-state index contributed by atoms with van der Waals surface area (Å²) in [6.45, 7) is 0. The van der Waals surface area contributed by atoms with Crippen LogP contribution in [0.3, 0.4) is 0 Å². The Bertz CT molecular complexity index is 1510. The number of aliphatic imine (C=N–C) groups is 2. The predicted molar refractivity (Wildman–Crippen MR) is 128 cm³/mol. The summed E-state index contributed by atoms with van der Waals surface area (Å²) in [5.74, 6) is 1.38. The van der Waals surface area contributed by atoms with Gasteiger partial charge in [0.25, 0.3) is 0 Å². The van der Waals surface area contributed by atoms with Crippen LogP contribution in [0.5, 0.6) is 0 Å². The number of pyridine rings is 1. The van der Waals surface area contributed by atoms with E-state index in [0.29, 0.717) is 27.7 Å². The van der Waals surface area contributed by atoms with Crippen LogP contribution in [0.2, 0.25) is 5.02 Å². The molecule has 154 valence electrons. The van der Waals surface area contributed by atoms with Crippen molar-refractivity contribution in [2.24, 2.45) is 9.98 Å². The van der Waals surface area contributed by atoms with Crippen LogP contribution in [-0.4, -0.2) is 16.7 Å². The molecule has 0 fully saturated rings. The highest BCUT2D eigenvalue weighted by atomic mass is 35.5. The maximum atomic E-state index is 6.39. The minimum absolute atomic E-state index is 0.388. The topological polar surface area (TPSA) is 62.8 Å². The van der Waals surface area contributed by atoms with Crippen LogP contribution < -0.4 is 5.32 Å². The second kappa shape index (κ2) is 7.62. The van der Waals surface area contributed by atoms with Gasteiger partial charge in [0.15, 0.2) is 17.6 Å². The Morgan fingerprint density at radius 2 is 1.53 bits per heavy atom. The number of hydrogen-bond donors (Lipinski definition) is 1. The molecule has 1 aliphatic heterocycles. The Kier molecular flexibility index (Phi) is 4.47. The lowest BCUT2D eigenvalue weighted by molar-refractivity contribution is 0.668. The van der Waals surface area contributed by atoms with Crippen molar-refractivity contribution in [3.63, 3.8) is 0 Å². The molecule has 0 bridgehead atoms. The molecule has 0 saturated carbocycles. The summed E-state index contributed by atoms with van der Waals surface area (Å²) in [4.78, 5) is 14.5. The van der Waals surface area contributed by atoms with Gasteiger partial charge in [0.2, 0.25) is 0 Å². The van der Waals surface area contributed by atoms with Crippen molar-refractivity contribution in [1.82, 2.24) is 10.3 Å². The zero-order valence-corrected chi connectivity index (χ0v) is 17.6. The fourth-order valence-electron chi connectivity index (χ4n) is 3.98. The van der Waals surface area contributed by atoms with Crippen molar-refractivity contribution < 1.29 is 4.42 Å². The third-order valence-electron chi connectivity index (χ3n) is 5.47. The summed E-state index contributed by atoms with van der Waals surface area (Å²) in [7, 11) is 0. The number of hydrogen-bond acceptors (Lipinski definition) is 5.